The molecule has 0 unspecified atom stereocenters. The fourth-order valence-corrected chi connectivity index (χ4v) is 4.07. The van der Waals surface area contributed by atoms with Crippen LogP contribution < -0.4 is 0 Å². The Hall–Kier alpha value is -1.90. The van der Waals surface area contributed by atoms with Gasteiger partial charge in [-0.25, -0.2) is 0 Å². The zero-order valence-electron chi connectivity index (χ0n) is 11.2. The maximum Gasteiger partial charge on any atom is 0.233 e. The minimum absolute atomic E-state index is 0.0618. The maximum absolute atomic E-state index is 12.5. The van der Waals surface area contributed by atoms with E-state index in [0.717, 1.165) is 12.8 Å². The van der Waals surface area contributed by atoms with Gasteiger partial charge in [0.2, 0.25) is 11.8 Å². The first-order chi connectivity index (χ1) is 9.75. The van der Waals surface area contributed by atoms with Gasteiger partial charge in [-0.1, -0.05) is 42.5 Å². The number of carbonyl (C=O) groups is 2. The Labute approximate surface area is 118 Å². The third kappa shape index (κ3) is 1.59. The first kappa shape index (κ1) is 11.9. The van der Waals surface area contributed by atoms with E-state index in [4.69, 9.17) is 0 Å². The number of benzene rings is 1. The van der Waals surface area contributed by atoms with Gasteiger partial charge >= 0.3 is 0 Å². The molecule has 4 atom stereocenters. The van der Waals surface area contributed by atoms with Gasteiger partial charge in [0.15, 0.2) is 0 Å². The average Bonchev–Trinajstić information content (AvgIpc) is 3.13. The third-order valence-electron chi connectivity index (χ3n) is 5.03. The van der Waals surface area contributed by atoms with Crippen LogP contribution in [-0.4, -0.2) is 23.3 Å². The van der Waals surface area contributed by atoms with E-state index < -0.39 is 0 Å². The molecule has 2 bridgehead atoms. The van der Waals surface area contributed by atoms with Crippen LogP contribution in [-0.2, 0) is 16.0 Å². The van der Waals surface area contributed by atoms with E-state index in [9.17, 15) is 9.59 Å². The lowest BCUT2D eigenvalue weighted by molar-refractivity contribution is -0.140. The van der Waals surface area contributed by atoms with Crippen LogP contribution >= 0.6 is 0 Å². The van der Waals surface area contributed by atoms with Crippen molar-refractivity contribution in [3.8, 4) is 0 Å². The zero-order valence-corrected chi connectivity index (χ0v) is 11.2. The van der Waals surface area contributed by atoms with Crippen molar-refractivity contribution < 1.29 is 9.59 Å². The molecule has 3 nitrogen and oxygen atoms in total. The van der Waals surface area contributed by atoms with Gasteiger partial charge in [-0.2, -0.15) is 0 Å². The molecule has 3 aliphatic rings. The summed E-state index contributed by atoms with van der Waals surface area (Å²) in [6.07, 6.45) is 6.02. The average molecular weight is 267 g/mol. The Bertz CT molecular complexity index is 562. The quantitative estimate of drug-likeness (QED) is 0.621. The molecule has 3 heteroatoms. The first-order valence-corrected chi connectivity index (χ1v) is 7.33. The molecule has 0 radical (unpaired) electrons. The number of carbonyl (C=O) groups excluding carboxylic acids is 2. The van der Waals surface area contributed by atoms with Crippen molar-refractivity contribution in [2.45, 2.75) is 12.8 Å². The molecule has 0 spiro atoms. The van der Waals surface area contributed by atoms with Crippen LogP contribution in [0.1, 0.15) is 12.0 Å². The minimum atomic E-state index is -0.0618. The summed E-state index contributed by atoms with van der Waals surface area (Å²) < 4.78 is 0. The molecule has 1 heterocycles. The number of allylic oxidation sites excluding steroid dienone is 2. The van der Waals surface area contributed by atoms with E-state index in [0.29, 0.717) is 18.4 Å². The van der Waals surface area contributed by atoms with Crippen molar-refractivity contribution in [1.29, 1.82) is 0 Å². The van der Waals surface area contributed by atoms with Gasteiger partial charge in [0, 0.05) is 6.54 Å². The molecule has 2 aliphatic carbocycles. The summed E-state index contributed by atoms with van der Waals surface area (Å²) in [4.78, 5) is 26.5. The molecule has 1 saturated heterocycles. The largest absolute Gasteiger partial charge is 0.282 e. The van der Waals surface area contributed by atoms with Crippen LogP contribution in [0, 0.1) is 23.7 Å². The van der Waals surface area contributed by atoms with Crippen LogP contribution in [0.3, 0.4) is 0 Å². The van der Waals surface area contributed by atoms with Crippen LogP contribution in [0.5, 0.6) is 0 Å². The molecule has 1 saturated carbocycles. The summed E-state index contributed by atoms with van der Waals surface area (Å²) in [5, 5.41) is 0. The topological polar surface area (TPSA) is 37.4 Å². The maximum atomic E-state index is 12.5. The Kier molecular flexibility index (Phi) is 2.56. The molecule has 1 aliphatic heterocycles. The predicted octanol–water partition coefficient (Wildman–Crippen LogP) is 2.04. The van der Waals surface area contributed by atoms with Gasteiger partial charge in [0.05, 0.1) is 11.8 Å². The molecule has 1 aromatic carbocycles. The summed E-state index contributed by atoms with van der Waals surface area (Å²) >= 11 is 0. The van der Waals surface area contributed by atoms with Gasteiger partial charge in [0.1, 0.15) is 0 Å². The fourth-order valence-electron chi connectivity index (χ4n) is 4.07. The smallest absolute Gasteiger partial charge is 0.233 e. The second-order valence-corrected chi connectivity index (χ2v) is 6.06. The van der Waals surface area contributed by atoms with Gasteiger partial charge in [-0.05, 0) is 30.2 Å². The molecule has 1 aromatic rings. The number of rotatable bonds is 3. The number of hydrogen-bond acceptors (Lipinski definition) is 2. The number of likely N-dealkylation sites (tertiary alicyclic amines) is 1. The Balaban J connectivity index is 1.51. The van der Waals surface area contributed by atoms with Crippen LogP contribution in [0.25, 0.3) is 0 Å². The minimum Gasteiger partial charge on any atom is -0.282 e. The predicted molar refractivity (Wildman–Crippen MR) is 74.6 cm³/mol. The lowest BCUT2D eigenvalue weighted by atomic mass is 9.85. The lowest BCUT2D eigenvalue weighted by Gasteiger charge is -2.17. The molecule has 102 valence electrons. The standard InChI is InChI=1S/C17H17NO2/c19-16-14-12-6-7-13(10-12)15(14)17(20)18(16)9-8-11-4-2-1-3-5-11/h1-7,12-15H,8-10H2/t12-,13-,14+,15+/m1/s1. The molecule has 4 rings (SSSR count). The molecular weight excluding hydrogens is 250 g/mol. The summed E-state index contributed by atoms with van der Waals surface area (Å²) in [6, 6.07) is 10.0. The Morgan fingerprint density at radius 1 is 0.950 bits per heavy atom. The van der Waals surface area contributed by atoms with Crippen LogP contribution in [0.4, 0.5) is 0 Å². The van der Waals surface area contributed by atoms with Crippen LogP contribution in [0.15, 0.2) is 42.5 Å². The molecule has 0 N–H and O–H groups in total. The van der Waals surface area contributed by atoms with Crippen molar-refractivity contribution >= 4 is 11.8 Å². The highest BCUT2D eigenvalue weighted by molar-refractivity contribution is 6.06. The van der Waals surface area contributed by atoms with Crippen molar-refractivity contribution in [1.82, 2.24) is 4.90 Å². The number of nitrogens with zero attached hydrogens (tertiary/aromatic N) is 1. The van der Waals surface area contributed by atoms with Crippen molar-refractivity contribution in [3.05, 3.63) is 48.0 Å². The van der Waals surface area contributed by atoms with Crippen molar-refractivity contribution in [2.75, 3.05) is 6.54 Å². The molecule has 0 aromatic heterocycles. The number of hydrogen-bond donors (Lipinski definition) is 0. The van der Waals surface area contributed by atoms with Crippen molar-refractivity contribution in [2.24, 2.45) is 23.7 Å². The first-order valence-electron chi connectivity index (χ1n) is 7.33. The summed E-state index contributed by atoms with van der Waals surface area (Å²) in [6.45, 7) is 0.522. The highest BCUT2D eigenvalue weighted by Gasteiger charge is 2.58. The summed E-state index contributed by atoms with van der Waals surface area (Å²) in [7, 11) is 0. The number of fused-ring (bicyclic) bond motifs is 5. The second-order valence-electron chi connectivity index (χ2n) is 6.06. The highest BCUT2D eigenvalue weighted by atomic mass is 16.2. The number of amides is 2. The second kappa shape index (κ2) is 4.30. The number of imide groups is 1. The lowest BCUT2D eigenvalue weighted by Crippen LogP contribution is -2.34. The van der Waals surface area contributed by atoms with E-state index >= 15 is 0 Å². The summed E-state index contributed by atoms with van der Waals surface area (Å²) in [5.41, 5.74) is 1.17. The van der Waals surface area contributed by atoms with Gasteiger partial charge in [0.25, 0.3) is 0 Å². The third-order valence-corrected chi connectivity index (χ3v) is 5.03. The van der Waals surface area contributed by atoms with E-state index in [1.807, 2.05) is 30.3 Å². The Morgan fingerprint density at radius 2 is 1.55 bits per heavy atom. The van der Waals surface area contributed by atoms with Gasteiger partial charge in [-0.3, -0.25) is 14.5 Å². The molecule has 20 heavy (non-hydrogen) atoms. The zero-order chi connectivity index (χ0) is 13.7. The highest BCUT2D eigenvalue weighted by Crippen LogP contribution is 2.52. The monoisotopic (exact) mass is 267 g/mol. The van der Waals surface area contributed by atoms with E-state index in [1.54, 1.807) is 0 Å². The fraction of sp³-hybridized carbons (Fsp3) is 0.412. The van der Waals surface area contributed by atoms with Crippen LogP contribution in [0.2, 0.25) is 0 Å². The summed E-state index contributed by atoms with van der Waals surface area (Å²) in [5.74, 6) is 0.619. The SMILES string of the molecule is O=C1[C@@H]2[C@@H](C(=O)N1CCc1ccccc1)[C@@H]1C=C[C@@H]2C1. The van der Waals surface area contributed by atoms with E-state index in [1.165, 1.54) is 10.5 Å². The molecule has 2 amide bonds. The van der Waals surface area contributed by atoms with Gasteiger partial charge < -0.3 is 0 Å². The van der Waals surface area contributed by atoms with Crippen molar-refractivity contribution in [3.63, 3.8) is 0 Å². The molecule has 2 fully saturated rings. The van der Waals surface area contributed by atoms with E-state index in [-0.39, 0.29) is 23.7 Å². The Morgan fingerprint density at radius 3 is 2.15 bits per heavy atom. The molecular formula is C17H17NO2. The van der Waals surface area contributed by atoms with Gasteiger partial charge in [-0.15, -0.1) is 0 Å². The van der Waals surface area contributed by atoms with E-state index in [2.05, 4.69) is 12.2 Å². The normalized spacial score (nSPS) is 34.1.